The van der Waals surface area contributed by atoms with Crippen molar-refractivity contribution < 1.29 is 33.6 Å². The number of hydrogen-bond acceptors (Lipinski definition) is 10. The second-order valence-electron chi connectivity index (χ2n) is 11.6. The molecule has 11 nitrogen and oxygen atoms in total. The summed E-state index contributed by atoms with van der Waals surface area (Å²) in [6.07, 6.45) is 7.29. The van der Waals surface area contributed by atoms with Gasteiger partial charge in [-0.25, -0.2) is 10.0 Å². The van der Waals surface area contributed by atoms with Gasteiger partial charge in [-0.05, 0) is 74.6 Å². The summed E-state index contributed by atoms with van der Waals surface area (Å²) in [7, 11) is 0. The number of aliphatic hydroxyl groups is 1. The van der Waals surface area contributed by atoms with Crippen LogP contribution in [0.1, 0.15) is 61.7 Å². The van der Waals surface area contributed by atoms with Crippen molar-refractivity contribution in [2.45, 2.75) is 88.5 Å². The number of aliphatic hydroxyl groups excluding tert-OH is 1. The number of nitrogens with zero attached hydrogens (tertiary/aromatic N) is 4. The number of amides is 1. The van der Waals surface area contributed by atoms with Crippen LogP contribution in [0.25, 0.3) is 0 Å². The van der Waals surface area contributed by atoms with Crippen molar-refractivity contribution in [1.29, 1.82) is 0 Å². The van der Waals surface area contributed by atoms with Gasteiger partial charge in [0, 0.05) is 30.6 Å². The highest BCUT2D eigenvalue weighted by molar-refractivity contribution is 6.40. The third-order valence-electron chi connectivity index (χ3n) is 8.65. The SMILES string of the molecule is O=C(c1ccccc1)N1CC2=C3C(=CN([C@@H]4O[C@H](COC5CCCCO5)[C@@H](OC5CCCCO5)[C@H]4O)N=C3C=N1)CC2. The highest BCUT2D eigenvalue weighted by atomic mass is 16.7. The maximum absolute atomic E-state index is 13.2. The molecule has 1 aromatic carbocycles. The summed E-state index contributed by atoms with van der Waals surface area (Å²) >= 11 is 0. The number of allylic oxidation sites excluding steroid dienone is 2. The molecule has 5 aliphatic heterocycles. The van der Waals surface area contributed by atoms with Crippen LogP contribution in [0.15, 0.2) is 63.5 Å². The van der Waals surface area contributed by atoms with Gasteiger partial charge < -0.3 is 28.8 Å². The zero-order chi connectivity index (χ0) is 28.5. The molecule has 1 aromatic rings. The Morgan fingerprint density at radius 1 is 1.02 bits per heavy atom. The minimum absolute atomic E-state index is 0.155. The number of rotatable bonds is 7. The summed E-state index contributed by atoms with van der Waals surface area (Å²) in [4.78, 5) is 13.2. The Bertz CT molecular complexity index is 1270. The summed E-state index contributed by atoms with van der Waals surface area (Å²) in [5.41, 5.74) is 4.49. The minimum atomic E-state index is -0.997. The average molecular weight is 579 g/mol. The number of hydrazone groups is 2. The number of benzene rings is 1. The van der Waals surface area contributed by atoms with E-state index in [9.17, 15) is 9.90 Å². The molecule has 7 rings (SSSR count). The first kappa shape index (κ1) is 27.9. The lowest BCUT2D eigenvalue weighted by Gasteiger charge is -2.31. The van der Waals surface area contributed by atoms with Crippen molar-refractivity contribution in [3.63, 3.8) is 0 Å². The third-order valence-corrected chi connectivity index (χ3v) is 8.65. The average Bonchev–Trinajstić information content (AvgIpc) is 3.52. The van der Waals surface area contributed by atoms with E-state index in [1.807, 2.05) is 24.4 Å². The molecule has 42 heavy (non-hydrogen) atoms. The van der Waals surface area contributed by atoms with Gasteiger partial charge in [0.25, 0.3) is 5.91 Å². The zero-order valence-corrected chi connectivity index (χ0v) is 23.7. The third kappa shape index (κ3) is 5.69. The smallest absolute Gasteiger partial charge is 0.274 e. The molecule has 224 valence electrons. The second-order valence-corrected chi connectivity index (χ2v) is 11.6. The van der Waals surface area contributed by atoms with Crippen LogP contribution in [-0.2, 0) is 23.7 Å². The summed E-state index contributed by atoms with van der Waals surface area (Å²) in [5, 5.41) is 24.1. The molecule has 0 bridgehead atoms. The molecule has 6 aliphatic rings. The van der Waals surface area contributed by atoms with Gasteiger partial charge in [-0.1, -0.05) is 18.2 Å². The van der Waals surface area contributed by atoms with E-state index in [0.29, 0.717) is 31.0 Å². The quantitative estimate of drug-likeness (QED) is 0.524. The first-order valence-electron chi connectivity index (χ1n) is 15.2. The summed E-state index contributed by atoms with van der Waals surface area (Å²) in [6.45, 7) is 1.97. The number of ether oxygens (including phenoxy) is 5. The molecular weight excluding hydrogens is 540 g/mol. The van der Waals surface area contributed by atoms with Crippen LogP contribution in [0.4, 0.5) is 0 Å². The molecule has 11 heteroatoms. The highest BCUT2D eigenvalue weighted by Crippen LogP contribution is 2.39. The predicted molar refractivity (Wildman–Crippen MR) is 152 cm³/mol. The van der Waals surface area contributed by atoms with E-state index >= 15 is 0 Å². The van der Waals surface area contributed by atoms with Gasteiger partial charge in [0.05, 0.1) is 19.4 Å². The van der Waals surface area contributed by atoms with Crippen molar-refractivity contribution in [3.8, 4) is 0 Å². The molecule has 1 amide bonds. The molecule has 0 spiro atoms. The molecule has 0 radical (unpaired) electrons. The molecular formula is C31H38N4O7. The maximum atomic E-state index is 13.2. The molecule has 0 aromatic heterocycles. The summed E-state index contributed by atoms with van der Waals surface area (Å²) in [6, 6.07) is 9.17. The zero-order valence-electron chi connectivity index (χ0n) is 23.7. The van der Waals surface area contributed by atoms with Gasteiger partial charge in [0.15, 0.2) is 18.8 Å². The van der Waals surface area contributed by atoms with Crippen molar-refractivity contribution in [2.75, 3.05) is 26.4 Å². The van der Waals surface area contributed by atoms with E-state index in [4.69, 9.17) is 28.8 Å². The summed E-state index contributed by atoms with van der Waals surface area (Å²) in [5.74, 6) is -0.155. The topological polar surface area (TPSA) is 115 Å². The number of carbonyl (C=O) groups is 1. The van der Waals surface area contributed by atoms with Crippen molar-refractivity contribution >= 4 is 17.8 Å². The van der Waals surface area contributed by atoms with E-state index in [1.54, 1.807) is 23.4 Å². The molecule has 5 heterocycles. The minimum Gasteiger partial charge on any atom is -0.385 e. The van der Waals surface area contributed by atoms with Gasteiger partial charge in [0.2, 0.25) is 0 Å². The Balaban J connectivity index is 1.11. The summed E-state index contributed by atoms with van der Waals surface area (Å²) < 4.78 is 30.4. The maximum Gasteiger partial charge on any atom is 0.274 e. The van der Waals surface area contributed by atoms with Gasteiger partial charge in [-0.2, -0.15) is 10.2 Å². The first-order valence-corrected chi connectivity index (χ1v) is 15.2. The van der Waals surface area contributed by atoms with Crippen molar-refractivity contribution in [3.05, 3.63) is 58.8 Å². The van der Waals surface area contributed by atoms with E-state index in [-0.39, 0.29) is 18.8 Å². The van der Waals surface area contributed by atoms with Crippen LogP contribution >= 0.6 is 0 Å². The largest absolute Gasteiger partial charge is 0.385 e. The Labute approximate surface area is 245 Å². The number of hydrogen-bond donors (Lipinski definition) is 1. The molecule has 6 atom stereocenters. The fraction of sp³-hybridized carbons (Fsp3) is 0.581. The standard InChI is InChI=1S/C31H38N4O7/c36-28-29(42-26-11-5-7-15-39-26)24(19-40-25-10-4-6-14-38-25)41-31(28)35-18-22-13-12-21-17-34(32-16-23(33-35)27(21)22)30(37)20-8-2-1-3-9-20/h1-3,8-9,16,18,24-26,28-29,31,36H,4-7,10-15,17,19H2/t24-,25?,26?,28-,29-,31-/m1/s1. The van der Waals surface area contributed by atoms with Gasteiger partial charge in [-0.3, -0.25) is 4.79 Å². The molecule has 1 aliphatic carbocycles. The van der Waals surface area contributed by atoms with Crippen LogP contribution in [0.5, 0.6) is 0 Å². The molecule has 2 unspecified atom stereocenters. The lowest BCUT2D eigenvalue weighted by Crippen LogP contribution is -2.44. The molecule has 1 N–H and O–H groups in total. The van der Waals surface area contributed by atoms with Crippen LogP contribution < -0.4 is 0 Å². The fourth-order valence-electron chi connectivity index (χ4n) is 6.46. The monoisotopic (exact) mass is 578 g/mol. The van der Waals surface area contributed by atoms with Crippen LogP contribution in [-0.4, -0.2) is 96.4 Å². The lowest BCUT2D eigenvalue weighted by atomic mass is 10.0. The van der Waals surface area contributed by atoms with Gasteiger partial charge >= 0.3 is 0 Å². The van der Waals surface area contributed by atoms with E-state index in [1.165, 1.54) is 5.01 Å². The molecule has 0 saturated carbocycles. The Morgan fingerprint density at radius 3 is 2.57 bits per heavy atom. The Kier molecular flexibility index (Phi) is 8.20. The number of carbonyl (C=O) groups excluding carboxylic acids is 1. The van der Waals surface area contributed by atoms with Gasteiger partial charge in [-0.15, -0.1) is 0 Å². The first-order chi connectivity index (χ1) is 20.6. The normalized spacial score (nSPS) is 32.9. The second kappa shape index (κ2) is 12.4. The fourth-order valence-corrected chi connectivity index (χ4v) is 6.46. The predicted octanol–water partition coefficient (Wildman–Crippen LogP) is 3.31. The lowest BCUT2D eigenvalue weighted by molar-refractivity contribution is -0.223. The molecule has 3 fully saturated rings. The van der Waals surface area contributed by atoms with Crippen LogP contribution in [0, 0.1) is 0 Å². The Hall–Kier alpha value is -2.93. The molecule has 3 saturated heterocycles. The van der Waals surface area contributed by atoms with E-state index in [0.717, 1.165) is 68.1 Å². The van der Waals surface area contributed by atoms with Crippen LogP contribution in [0.3, 0.4) is 0 Å². The van der Waals surface area contributed by atoms with E-state index < -0.39 is 30.8 Å². The van der Waals surface area contributed by atoms with Crippen LogP contribution in [0.2, 0.25) is 0 Å². The van der Waals surface area contributed by atoms with Crippen molar-refractivity contribution in [2.24, 2.45) is 10.2 Å². The highest BCUT2D eigenvalue weighted by Gasteiger charge is 2.49. The van der Waals surface area contributed by atoms with Crippen molar-refractivity contribution in [1.82, 2.24) is 10.0 Å². The van der Waals surface area contributed by atoms with Gasteiger partial charge in [0.1, 0.15) is 24.0 Å². The Morgan fingerprint density at radius 2 is 1.81 bits per heavy atom. The van der Waals surface area contributed by atoms with E-state index in [2.05, 4.69) is 5.10 Å².